The molecule has 1 N–H and O–H groups in total. The molecule has 2 saturated heterocycles. The molecule has 24 heavy (non-hydrogen) atoms. The lowest BCUT2D eigenvalue weighted by molar-refractivity contribution is -0.132. The molecule has 2 fully saturated rings. The molecule has 1 unspecified atom stereocenters. The lowest BCUT2D eigenvalue weighted by Gasteiger charge is -2.33. The van der Waals surface area contributed by atoms with Gasteiger partial charge in [0.05, 0.1) is 13.2 Å². The number of carbonyl (C=O) groups is 1. The summed E-state index contributed by atoms with van der Waals surface area (Å²) in [4.78, 5) is 14.3. The van der Waals surface area contributed by atoms with Crippen LogP contribution in [-0.2, 0) is 9.53 Å². The highest BCUT2D eigenvalue weighted by atomic mass is 16.5. The zero-order valence-electron chi connectivity index (χ0n) is 14.5. The minimum Gasteiger partial charge on any atom is -0.497 e. The predicted molar refractivity (Wildman–Crippen MR) is 94.4 cm³/mol. The van der Waals surface area contributed by atoms with E-state index in [0.29, 0.717) is 18.6 Å². The molecule has 3 rings (SSSR count). The van der Waals surface area contributed by atoms with Crippen LogP contribution in [0.3, 0.4) is 0 Å². The van der Waals surface area contributed by atoms with Gasteiger partial charge in [-0.05, 0) is 44.2 Å². The number of hydrogen-bond donors (Lipinski definition) is 1. The molecule has 5 heteroatoms. The van der Waals surface area contributed by atoms with Gasteiger partial charge in [0.1, 0.15) is 5.75 Å². The molecular formula is C19H28N2O3. The minimum atomic E-state index is 0.283. The maximum atomic E-state index is 12.3. The normalized spacial score (nSPS) is 21.7. The number of nitrogens with zero attached hydrogens (tertiary/aromatic N) is 1. The van der Waals surface area contributed by atoms with E-state index in [2.05, 4.69) is 11.4 Å². The van der Waals surface area contributed by atoms with Crippen molar-refractivity contribution >= 4 is 11.6 Å². The molecule has 0 bridgehead atoms. The molecule has 1 aromatic rings. The van der Waals surface area contributed by atoms with Crippen LogP contribution in [0.25, 0.3) is 0 Å². The van der Waals surface area contributed by atoms with Crippen molar-refractivity contribution in [1.29, 1.82) is 0 Å². The number of anilines is 1. The first-order valence-electron chi connectivity index (χ1n) is 9.04. The average Bonchev–Trinajstić information content (AvgIpc) is 3.14. The molecule has 0 radical (unpaired) electrons. The van der Waals surface area contributed by atoms with Gasteiger partial charge in [-0.1, -0.05) is 6.07 Å². The Morgan fingerprint density at radius 1 is 1.33 bits per heavy atom. The Balaban J connectivity index is 1.40. The zero-order chi connectivity index (χ0) is 16.8. The Hall–Kier alpha value is -1.75. The molecule has 132 valence electrons. The van der Waals surface area contributed by atoms with Crippen LogP contribution in [0.15, 0.2) is 24.3 Å². The van der Waals surface area contributed by atoms with Crippen LogP contribution < -0.4 is 10.1 Å². The van der Waals surface area contributed by atoms with E-state index in [4.69, 9.17) is 9.47 Å². The van der Waals surface area contributed by atoms with Crippen LogP contribution in [-0.4, -0.2) is 49.8 Å². The summed E-state index contributed by atoms with van der Waals surface area (Å²) in [5, 5.41) is 3.55. The minimum absolute atomic E-state index is 0.283. The molecule has 0 aromatic heterocycles. The summed E-state index contributed by atoms with van der Waals surface area (Å²) in [5.41, 5.74) is 1.08. The van der Waals surface area contributed by atoms with Crippen molar-refractivity contribution in [3.63, 3.8) is 0 Å². The van der Waals surface area contributed by atoms with Crippen molar-refractivity contribution in [3.05, 3.63) is 24.3 Å². The first kappa shape index (κ1) is 17.1. The van der Waals surface area contributed by atoms with E-state index in [1.165, 1.54) is 0 Å². The van der Waals surface area contributed by atoms with Gasteiger partial charge in [-0.3, -0.25) is 4.79 Å². The molecule has 1 atom stereocenters. The second kappa shape index (κ2) is 8.38. The maximum absolute atomic E-state index is 12.3. The summed E-state index contributed by atoms with van der Waals surface area (Å²) < 4.78 is 10.9. The molecule has 0 spiro atoms. The van der Waals surface area contributed by atoms with E-state index in [1.54, 1.807) is 7.11 Å². The zero-order valence-corrected chi connectivity index (χ0v) is 14.5. The van der Waals surface area contributed by atoms with E-state index in [0.717, 1.165) is 63.2 Å². The fraction of sp³-hybridized carbons (Fsp3) is 0.632. The van der Waals surface area contributed by atoms with Crippen molar-refractivity contribution in [3.8, 4) is 5.75 Å². The molecule has 2 aliphatic heterocycles. The van der Waals surface area contributed by atoms with E-state index < -0.39 is 0 Å². The highest BCUT2D eigenvalue weighted by Crippen LogP contribution is 2.22. The van der Waals surface area contributed by atoms with Crippen molar-refractivity contribution in [2.24, 2.45) is 0 Å². The number of methoxy groups -OCH3 is 1. The topological polar surface area (TPSA) is 50.8 Å². The Bertz CT molecular complexity index is 535. The number of amides is 1. The number of ether oxygens (including phenoxy) is 2. The first-order valence-corrected chi connectivity index (χ1v) is 9.04. The molecule has 2 aliphatic rings. The third-order valence-electron chi connectivity index (χ3n) is 4.99. The molecule has 0 aliphatic carbocycles. The van der Waals surface area contributed by atoms with Crippen LogP contribution in [0, 0.1) is 0 Å². The van der Waals surface area contributed by atoms with Crippen molar-refractivity contribution < 1.29 is 14.3 Å². The number of hydrogen-bond acceptors (Lipinski definition) is 4. The van der Waals surface area contributed by atoms with Crippen molar-refractivity contribution in [2.75, 3.05) is 32.1 Å². The van der Waals surface area contributed by atoms with Gasteiger partial charge < -0.3 is 19.7 Å². The Kier molecular flexibility index (Phi) is 5.96. The molecular weight excluding hydrogens is 304 g/mol. The molecule has 2 heterocycles. The summed E-state index contributed by atoms with van der Waals surface area (Å²) in [7, 11) is 1.68. The highest BCUT2D eigenvalue weighted by Gasteiger charge is 2.24. The molecule has 1 amide bonds. The summed E-state index contributed by atoms with van der Waals surface area (Å²) in [6, 6.07) is 8.42. The fourth-order valence-corrected chi connectivity index (χ4v) is 3.54. The van der Waals surface area contributed by atoms with Crippen molar-refractivity contribution in [2.45, 2.75) is 50.7 Å². The SMILES string of the molecule is COc1cccc(NC2CCN(C(=O)CCC3CCCO3)CC2)c1. The Morgan fingerprint density at radius 3 is 2.88 bits per heavy atom. The van der Waals surface area contributed by atoms with Gasteiger partial charge in [0.2, 0.25) is 5.91 Å². The van der Waals surface area contributed by atoms with Gasteiger partial charge in [0.15, 0.2) is 0 Å². The van der Waals surface area contributed by atoms with E-state index >= 15 is 0 Å². The number of likely N-dealkylation sites (tertiary alicyclic amines) is 1. The largest absolute Gasteiger partial charge is 0.497 e. The predicted octanol–water partition coefficient (Wildman–Crippen LogP) is 3.06. The fourth-order valence-electron chi connectivity index (χ4n) is 3.54. The van der Waals surface area contributed by atoms with Gasteiger partial charge in [-0.15, -0.1) is 0 Å². The van der Waals surface area contributed by atoms with Crippen LogP contribution in [0.5, 0.6) is 5.75 Å². The highest BCUT2D eigenvalue weighted by molar-refractivity contribution is 5.76. The average molecular weight is 332 g/mol. The van der Waals surface area contributed by atoms with Gasteiger partial charge in [-0.2, -0.15) is 0 Å². The van der Waals surface area contributed by atoms with E-state index in [9.17, 15) is 4.79 Å². The van der Waals surface area contributed by atoms with Crippen LogP contribution in [0.1, 0.15) is 38.5 Å². The number of piperidine rings is 1. The quantitative estimate of drug-likeness (QED) is 0.870. The summed E-state index contributed by atoms with van der Waals surface area (Å²) in [6.07, 6.45) is 6.03. The summed E-state index contributed by atoms with van der Waals surface area (Å²) >= 11 is 0. The Morgan fingerprint density at radius 2 is 2.17 bits per heavy atom. The maximum Gasteiger partial charge on any atom is 0.222 e. The van der Waals surface area contributed by atoms with Crippen molar-refractivity contribution in [1.82, 2.24) is 4.90 Å². The standard InChI is InChI=1S/C19H28N2O3/c1-23-18-5-2-4-16(14-18)20-15-9-11-21(12-10-15)19(22)8-7-17-6-3-13-24-17/h2,4-5,14-15,17,20H,3,6-13H2,1H3. The van der Waals surface area contributed by atoms with E-state index in [1.807, 2.05) is 23.1 Å². The van der Waals surface area contributed by atoms with Crippen LogP contribution >= 0.6 is 0 Å². The third kappa shape index (κ3) is 4.63. The number of rotatable bonds is 6. The lowest BCUT2D eigenvalue weighted by atomic mass is 10.0. The second-order valence-electron chi connectivity index (χ2n) is 6.71. The lowest BCUT2D eigenvalue weighted by Crippen LogP contribution is -2.42. The number of carbonyl (C=O) groups excluding carboxylic acids is 1. The molecule has 1 aromatic carbocycles. The van der Waals surface area contributed by atoms with Crippen LogP contribution in [0.2, 0.25) is 0 Å². The monoisotopic (exact) mass is 332 g/mol. The van der Waals surface area contributed by atoms with E-state index in [-0.39, 0.29) is 5.91 Å². The molecule has 5 nitrogen and oxygen atoms in total. The number of nitrogens with one attached hydrogen (secondary N) is 1. The van der Waals surface area contributed by atoms with Gasteiger partial charge in [0.25, 0.3) is 0 Å². The summed E-state index contributed by atoms with van der Waals surface area (Å²) in [6.45, 7) is 2.54. The smallest absolute Gasteiger partial charge is 0.222 e. The van der Waals surface area contributed by atoms with Gasteiger partial charge in [0, 0.05) is 43.9 Å². The van der Waals surface area contributed by atoms with Crippen LogP contribution in [0.4, 0.5) is 5.69 Å². The Labute approximate surface area is 144 Å². The van der Waals surface area contributed by atoms with Gasteiger partial charge in [-0.25, -0.2) is 0 Å². The first-order chi connectivity index (χ1) is 11.7. The third-order valence-corrected chi connectivity index (χ3v) is 4.99. The van der Waals surface area contributed by atoms with Gasteiger partial charge >= 0.3 is 0 Å². The summed E-state index contributed by atoms with van der Waals surface area (Å²) in [5.74, 6) is 1.15. The second-order valence-corrected chi connectivity index (χ2v) is 6.71. The number of benzene rings is 1. The molecule has 0 saturated carbocycles.